The summed E-state index contributed by atoms with van der Waals surface area (Å²) in [5.74, 6) is 0.929. The molecule has 1 amide bonds. The van der Waals surface area contributed by atoms with Crippen LogP contribution in [0.25, 0.3) is 0 Å². The Labute approximate surface area is 109 Å². The van der Waals surface area contributed by atoms with Crippen LogP contribution >= 0.6 is 0 Å². The summed E-state index contributed by atoms with van der Waals surface area (Å²) in [6.07, 6.45) is 0.403. The second kappa shape index (κ2) is 7.01. The van der Waals surface area contributed by atoms with Crippen LogP contribution in [-0.2, 0) is 11.3 Å². The number of amides is 1. The summed E-state index contributed by atoms with van der Waals surface area (Å²) in [4.78, 5) is 13.0. The number of nitrogens with zero attached hydrogens (tertiary/aromatic N) is 1. The maximum atomic E-state index is 11.4. The molecule has 1 N–H and O–H groups in total. The highest BCUT2D eigenvalue weighted by molar-refractivity contribution is 5.75. The minimum absolute atomic E-state index is 0.0808. The summed E-state index contributed by atoms with van der Waals surface area (Å²) in [5, 5.41) is 3.11. The van der Waals surface area contributed by atoms with Crippen molar-refractivity contribution < 1.29 is 9.53 Å². The van der Waals surface area contributed by atoms with Crippen molar-refractivity contribution in [2.45, 2.75) is 19.9 Å². The summed E-state index contributed by atoms with van der Waals surface area (Å²) in [5.41, 5.74) is 2.33. The lowest BCUT2D eigenvalue weighted by atomic mass is 10.1. The molecule has 0 aromatic heterocycles. The molecule has 0 radical (unpaired) electrons. The second-order valence-electron chi connectivity index (χ2n) is 4.53. The molecule has 4 heteroatoms. The topological polar surface area (TPSA) is 41.6 Å². The number of aryl methyl sites for hydroxylation is 1. The Hall–Kier alpha value is -1.55. The van der Waals surface area contributed by atoms with Gasteiger partial charge in [-0.15, -0.1) is 0 Å². The Bertz CT molecular complexity index is 403. The zero-order chi connectivity index (χ0) is 13.5. The molecule has 0 aliphatic rings. The maximum absolute atomic E-state index is 11.4. The van der Waals surface area contributed by atoms with E-state index in [4.69, 9.17) is 4.74 Å². The van der Waals surface area contributed by atoms with Gasteiger partial charge in [-0.3, -0.25) is 4.79 Å². The molecule has 4 nitrogen and oxygen atoms in total. The highest BCUT2D eigenvalue weighted by Crippen LogP contribution is 2.20. The van der Waals surface area contributed by atoms with Gasteiger partial charge in [0.05, 0.1) is 13.0 Å². The van der Waals surface area contributed by atoms with E-state index in [0.29, 0.717) is 13.0 Å². The van der Waals surface area contributed by atoms with Crippen molar-refractivity contribution in [3.63, 3.8) is 0 Å². The maximum Gasteiger partial charge on any atom is 0.225 e. The van der Waals surface area contributed by atoms with Gasteiger partial charge in [-0.25, -0.2) is 0 Å². The van der Waals surface area contributed by atoms with Crippen molar-refractivity contribution >= 4 is 5.91 Å². The predicted octanol–water partition coefficient (Wildman–Crippen LogP) is 1.57. The van der Waals surface area contributed by atoms with E-state index in [1.54, 1.807) is 19.0 Å². The number of nitrogens with one attached hydrogen (secondary N) is 1. The quantitative estimate of drug-likeness (QED) is 0.833. The molecule has 18 heavy (non-hydrogen) atoms. The normalized spacial score (nSPS) is 10.2. The third-order valence-electron chi connectivity index (χ3n) is 2.66. The number of ether oxygens (including phenoxy) is 1. The minimum atomic E-state index is 0.0808. The molecule has 1 rings (SSSR count). The van der Waals surface area contributed by atoms with E-state index in [1.165, 1.54) is 5.56 Å². The lowest BCUT2D eigenvalue weighted by Crippen LogP contribution is -2.23. The van der Waals surface area contributed by atoms with E-state index in [9.17, 15) is 4.79 Å². The lowest BCUT2D eigenvalue weighted by Gasteiger charge is -2.13. The Morgan fingerprint density at radius 2 is 2.11 bits per heavy atom. The van der Waals surface area contributed by atoms with Gasteiger partial charge in [0.25, 0.3) is 0 Å². The number of benzene rings is 1. The van der Waals surface area contributed by atoms with Gasteiger partial charge in [0, 0.05) is 26.2 Å². The Kier molecular flexibility index (Phi) is 5.65. The van der Waals surface area contributed by atoms with Gasteiger partial charge in [-0.2, -0.15) is 0 Å². The molecule has 1 aromatic carbocycles. The van der Waals surface area contributed by atoms with Crippen LogP contribution < -0.4 is 10.1 Å². The molecule has 0 bridgehead atoms. The van der Waals surface area contributed by atoms with Gasteiger partial charge in [0.15, 0.2) is 0 Å². The molecule has 0 unspecified atom stereocenters. The number of hydrogen-bond donors (Lipinski definition) is 1. The summed E-state index contributed by atoms with van der Waals surface area (Å²) >= 11 is 0. The molecule has 0 saturated carbocycles. The Morgan fingerprint density at radius 3 is 2.72 bits per heavy atom. The van der Waals surface area contributed by atoms with Crippen LogP contribution in [0.1, 0.15) is 17.5 Å². The first-order valence-corrected chi connectivity index (χ1v) is 6.11. The summed E-state index contributed by atoms with van der Waals surface area (Å²) in [6.45, 7) is 3.23. The smallest absolute Gasteiger partial charge is 0.225 e. The third kappa shape index (κ3) is 4.37. The van der Waals surface area contributed by atoms with E-state index in [-0.39, 0.29) is 5.91 Å². The summed E-state index contributed by atoms with van der Waals surface area (Å²) < 4.78 is 5.68. The molecule has 0 aliphatic carbocycles. The molecule has 0 saturated heterocycles. The van der Waals surface area contributed by atoms with Gasteiger partial charge < -0.3 is 15.0 Å². The zero-order valence-corrected chi connectivity index (χ0v) is 11.6. The van der Waals surface area contributed by atoms with E-state index < -0.39 is 0 Å². The van der Waals surface area contributed by atoms with Crippen LogP contribution in [0.15, 0.2) is 18.2 Å². The average Bonchev–Trinajstić information content (AvgIpc) is 2.32. The fourth-order valence-electron chi connectivity index (χ4n) is 1.65. The van der Waals surface area contributed by atoms with Crippen molar-refractivity contribution in [1.82, 2.24) is 10.2 Å². The number of carbonyl (C=O) groups is 1. The summed E-state index contributed by atoms with van der Waals surface area (Å²) in [7, 11) is 5.41. The van der Waals surface area contributed by atoms with Crippen molar-refractivity contribution in [1.29, 1.82) is 0 Å². The van der Waals surface area contributed by atoms with Gasteiger partial charge in [-0.1, -0.05) is 17.7 Å². The van der Waals surface area contributed by atoms with Crippen molar-refractivity contribution in [3.8, 4) is 5.75 Å². The molecular formula is C14H22N2O2. The van der Waals surface area contributed by atoms with E-state index in [1.807, 2.05) is 19.2 Å². The average molecular weight is 250 g/mol. The van der Waals surface area contributed by atoms with Crippen LogP contribution in [0.3, 0.4) is 0 Å². The van der Waals surface area contributed by atoms with Crippen molar-refractivity contribution in [2.24, 2.45) is 0 Å². The van der Waals surface area contributed by atoms with E-state index >= 15 is 0 Å². The van der Waals surface area contributed by atoms with Crippen LogP contribution in [0.2, 0.25) is 0 Å². The monoisotopic (exact) mass is 250 g/mol. The highest BCUT2D eigenvalue weighted by Gasteiger charge is 2.06. The third-order valence-corrected chi connectivity index (χ3v) is 2.66. The Morgan fingerprint density at radius 1 is 1.39 bits per heavy atom. The molecule has 0 aliphatic heterocycles. The molecule has 100 valence electrons. The molecule has 0 heterocycles. The van der Waals surface area contributed by atoms with E-state index in [2.05, 4.69) is 18.3 Å². The molecule has 0 fully saturated rings. The fourth-order valence-corrected chi connectivity index (χ4v) is 1.65. The first-order valence-electron chi connectivity index (χ1n) is 6.11. The van der Waals surface area contributed by atoms with Crippen LogP contribution in [-0.4, -0.2) is 38.6 Å². The number of hydrogen-bond acceptors (Lipinski definition) is 3. The second-order valence-corrected chi connectivity index (χ2v) is 4.53. The van der Waals surface area contributed by atoms with Crippen molar-refractivity contribution in [2.75, 3.05) is 27.7 Å². The molecule has 0 atom stereocenters. The lowest BCUT2D eigenvalue weighted by molar-refractivity contribution is -0.129. The first kappa shape index (κ1) is 14.5. The van der Waals surface area contributed by atoms with Crippen molar-refractivity contribution in [3.05, 3.63) is 29.3 Å². The fraction of sp³-hybridized carbons (Fsp3) is 0.500. The summed E-state index contributed by atoms with van der Waals surface area (Å²) in [6, 6.07) is 6.07. The molecule has 1 aromatic rings. The highest BCUT2D eigenvalue weighted by atomic mass is 16.5. The Balaban J connectivity index is 2.58. The van der Waals surface area contributed by atoms with Gasteiger partial charge in [0.2, 0.25) is 5.91 Å². The number of rotatable bonds is 6. The predicted molar refractivity (Wildman–Crippen MR) is 72.7 cm³/mol. The van der Waals surface area contributed by atoms with E-state index in [0.717, 1.165) is 17.9 Å². The van der Waals surface area contributed by atoms with Crippen LogP contribution in [0, 0.1) is 6.92 Å². The zero-order valence-electron chi connectivity index (χ0n) is 11.6. The first-order chi connectivity index (χ1) is 8.54. The molecular weight excluding hydrogens is 228 g/mol. The van der Waals surface area contributed by atoms with Crippen LogP contribution in [0.5, 0.6) is 5.75 Å². The van der Waals surface area contributed by atoms with Gasteiger partial charge in [-0.05, 0) is 20.0 Å². The van der Waals surface area contributed by atoms with Crippen LogP contribution in [0.4, 0.5) is 0 Å². The number of carbonyl (C=O) groups excluding carboxylic acids is 1. The standard InChI is InChI=1S/C14H22N2O2/c1-11-5-6-13(12(9-11)10-15-2)18-8-7-14(17)16(3)4/h5-6,9,15H,7-8,10H2,1-4H3. The minimum Gasteiger partial charge on any atom is -0.493 e. The van der Waals surface area contributed by atoms with Gasteiger partial charge in [0.1, 0.15) is 5.75 Å². The largest absolute Gasteiger partial charge is 0.493 e. The SMILES string of the molecule is CNCc1cc(C)ccc1OCCC(=O)N(C)C. The molecule has 0 spiro atoms. The van der Waals surface area contributed by atoms with Gasteiger partial charge >= 0.3 is 0 Å².